The summed E-state index contributed by atoms with van der Waals surface area (Å²) in [5.41, 5.74) is 1.64. The average molecular weight is 310 g/mol. The highest BCUT2D eigenvalue weighted by Crippen LogP contribution is 2.24. The predicted octanol–water partition coefficient (Wildman–Crippen LogP) is 1.43. The Labute approximate surface area is 133 Å². The SMILES string of the molecule is Cc1cc[nH+]c(NC(=O)C(C)N2C(=O)c3ccccc3C2=O)c1. The topological polar surface area (TPSA) is 80.6 Å². The van der Waals surface area contributed by atoms with Crippen LogP contribution in [0, 0.1) is 6.92 Å². The molecule has 0 aliphatic carbocycles. The lowest BCUT2D eigenvalue weighted by atomic mass is 10.1. The maximum atomic E-state index is 12.4. The van der Waals surface area contributed by atoms with Crippen LogP contribution < -0.4 is 10.3 Å². The first-order valence-corrected chi connectivity index (χ1v) is 7.25. The molecule has 0 bridgehead atoms. The van der Waals surface area contributed by atoms with E-state index in [0.29, 0.717) is 16.9 Å². The summed E-state index contributed by atoms with van der Waals surface area (Å²) in [6.07, 6.45) is 1.71. The molecule has 0 spiro atoms. The van der Waals surface area contributed by atoms with Crippen LogP contribution in [-0.2, 0) is 4.79 Å². The second-order valence-corrected chi connectivity index (χ2v) is 5.47. The molecular formula is C17H16N3O3+. The summed E-state index contributed by atoms with van der Waals surface area (Å²) < 4.78 is 0. The van der Waals surface area contributed by atoms with Crippen LogP contribution in [0.1, 0.15) is 33.2 Å². The Balaban J connectivity index is 1.81. The molecule has 0 radical (unpaired) electrons. The lowest BCUT2D eigenvalue weighted by molar-refractivity contribution is -0.360. The standard InChI is InChI=1S/C17H15N3O3/c1-10-7-8-18-14(9-10)19-15(21)11(2)20-16(22)12-5-3-4-6-13(12)17(20)23/h3-9,11H,1-2H3,(H,18,19,21)/p+1. The fraction of sp³-hybridized carbons (Fsp3) is 0.176. The fourth-order valence-electron chi connectivity index (χ4n) is 2.57. The highest BCUT2D eigenvalue weighted by molar-refractivity contribution is 6.23. The molecule has 2 heterocycles. The van der Waals surface area contributed by atoms with Crippen molar-refractivity contribution in [2.24, 2.45) is 0 Å². The number of H-pyrrole nitrogens is 1. The van der Waals surface area contributed by atoms with Crippen molar-refractivity contribution in [3.05, 3.63) is 59.3 Å². The van der Waals surface area contributed by atoms with Gasteiger partial charge in [0, 0.05) is 6.07 Å². The highest BCUT2D eigenvalue weighted by Gasteiger charge is 2.41. The number of carbonyl (C=O) groups is 3. The van der Waals surface area contributed by atoms with Crippen LogP contribution >= 0.6 is 0 Å². The molecule has 0 saturated heterocycles. The molecule has 6 heteroatoms. The van der Waals surface area contributed by atoms with Crippen molar-refractivity contribution in [1.82, 2.24) is 4.90 Å². The summed E-state index contributed by atoms with van der Waals surface area (Å²) in [7, 11) is 0. The number of fused-ring (bicyclic) bond motifs is 1. The average Bonchev–Trinajstić information content (AvgIpc) is 2.79. The second-order valence-electron chi connectivity index (χ2n) is 5.47. The van der Waals surface area contributed by atoms with Gasteiger partial charge in [-0.2, -0.15) is 0 Å². The van der Waals surface area contributed by atoms with Crippen molar-refractivity contribution in [3.8, 4) is 0 Å². The quantitative estimate of drug-likeness (QED) is 0.871. The van der Waals surface area contributed by atoms with Crippen molar-refractivity contribution < 1.29 is 19.4 Å². The molecule has 1 unspecified atom stereocenters. The molecule has 1 atom stereocenters. The molecular weight excluding hydrogens is 294 g/mol. The van der Waals surface area contributed by atoms with E-state index >= 15 is 0 Å². The zero-order valence-electron chi connectivity index (χ0n) is 12.8. The summed E-state index contributed by atoms with van der Waals surface area (Å²) in [6, 6.07) is 9.30. The molecule has 6 nitrogen and oxygen atoms in total. The van der Waals surface area contributed by atoms with Crippen LogP contribution in [0.2, 0.25) is 0 Å². The lowest BCUT2D eigenvalue weighted by Gasteiger charge is -2.19. The summed E-state index contributed by atoms with van der Waals surface area (Å²) in [4.78, 5) is 41.0. The Bertz CT molecular complexity index is 781. The molecule has 116 valence electrons. The summed E-state index contributed by atoms with van der Waals surface area (Å²) in [6.45, 7) is 3.43. The molecule has 0 fully saturated rings. The summed E-state index contributed by atoms with van der Waals surface area (Å²) >= 11 is 0. The summed E-state index contributed by atoms with van der Waals surface area (Å²) in [5.74, 6) is -0.803. The van der Waals surface area contributed by atoms with Gasteiger partial charge in [0.2, 0.25) is 0 Å². The van der Waals surface area contributed by atoms with Gasteiger partial charge in [-0.15, -0.1) is 0 Å². The molecule has 23 heavy (non-hydrogen) atoms. The molecule has 2 aromatic rings. The minimum atomic E-state index is -0.906. The number of aryl methyl sites for hydroxylation is 1. The van der Waals surface area contributed by atoms with Crippen molar-refractivity contribution >= 4 is 23.5 Å². The van der Waals surface area contributed by atoms with Crippen LogP contribution in [0.4, 0.5) is 5.82 Å². The van der Waals surface area contributed by atoms with Crippen molar-refractivity contribution in [1.29, 1.82) is 0 Å². The Morgan fingerprint density at radius 3 is 2.30 bits per heavy atom. The van der Waals surface area contributed by atoms with E-state index in [2.05, 4.69) is 10.3 Å². The fourth-order valence-corrected chi connectivity index (χ4v) is 2.57. The van der Waals surface area contributed by atoms with Crippen molar-refractivity contribution in [2.45, 2.75) is 19.9 Å². The number of pyridine rings is 1. The smallest absolute Gasteiger partial charge is 0.269 e. The number of hydrogen-bond acceptors (Lipinski definition) is 3. The minimum Gasteiger partial charge on any atom is -0.269 e. The first-order chi connectivity index (χ1) is 11.0. The van der Waals surface area contributed by atoms with Crippen molar-refractivity contribution in [2.75, 3.05) is 5.32 Å². The Morgan fingerprint density at radius 2 is 1.74 bits per heavy atom. The maximum Gasteiger partial charge on any atom is 0.330 e. The number of nitrogens with one attached hydrogen (secondary N) is 2. The molecule has 1 aromatic carbocycles. The van der Waals surface area contributed by atoms with Gasteiger partial charge >= 0.3 is 5.91 Å². The van der Waals surface area contributed by atoms with Gasteiger partial charge in [-0.3, -0.25) is 14.5 Å². The number of amides is 3. The van der Waals surface area contributed by atoms with Crippen LogP contribution in [0.25, 0.3) is 0 Å². The Hall–Kier alpha value is -3.02. The third-order valence-corrected chi connectivity index (χ3v) is 3.81. The normalized spacial score (nSPS) is 14.6. The van der Waals surface area contributed by atoms with E-state index in [1.807, 2.05) is 13.0 Å². The maximum absolute atomic E-state index is 12.4. The lowest BCUT2D eigenvalue weighted by Crippen LogP contribution is -2.45. The molecule has 0 saturated carbocycles. The largest absolute Gasteiger partial charge is 0.330 e. The van der Waals surface area contributed by atoms with E-state index in [4.69, 9.17) is 0 Å². The first-order valence-electron chi connectivity index (χ1n) is 7.25. The third-order valence-electron chi connectivity index (χ3n) is 3.81. The van der Waals surface area contributed by atoms with Gasteiger partial charge in [-0.05, 0) is 37.6 Å². The van der Waals surface area contributed by atoms with Crippen molar-refractivity contribution in [3.63, 3.8) is 0 Å². The molecule has 3 rings (SSSR count). The molecule has 1 aromatic heterocycles. The number of benzene rings is 1. The highest BCUT2D eigenvalue weighted by atomic mass is 16.2. The number of aromatic nitrogens is 1. The van der Waals surface area contributed by atoms with Gasteiger partial charge in [0.25, 0.3) is 17.6 Å². The summed E-state index contributed by atoms with van der Waals surface area (Å²) in [5, 5.41) is 2.69. The molecule has 1 aliphatic rings. The third kappa shape index (κ3) is 2.59. The predicted molar refractivity (Wildman–Crippen MR) is 82.8 cm³/mol. The van der Waals surface area contributed by atoms with Gasteiger partial charge in [-0.1, -0.05) is 12.1 Å². The zero-order chi connectivity index (χ0) is 16.6. The van der Waals surface area contributed by atoms with E-state index in [0.717, 1.165) is 10.5 Å². The second kappa shape index (κ2) is 5.64. The van der Waals surface area contributed by atoms with E-state index in [1.165, 1.54) is 6.92 Å². The van der Waals surface area contributed by atoms with E-state index in [1.54, 1.807) is 36.5 Å². The van der Waals surface area contributed by atoms with E-state index in [-0.39, 0.29) is 0 Å². The van der Waals surface area contributed by atoms with E-state index < -0.39 is 23.8 Å². The monoisotopic (exact) mass is 310 g/mol. The molecule has 3 amide bonds. The van der Waals surface area contributed by atoms with Gasteiger partial charge in [0.1, 0.15) is 6.04 Å². The van der Waals surface area contributed by atoms with Gasteiger partial charge < -0.3 is 0 Å². The van der Waals surface area contributed by atoms with Gasteiger partial charge in [-0.25, -0.2) is 15.1 Å². The number of carbonyl (C=O) groups excluding carboxylic acids is 3. The van der Waals surface area contributed by atoms with Crippen LogP contribution in [-0.4, -0.2) is 28.7 Å². The van der Waals surface area contributed by atoms with Crippen LogP contribution in [0.3, 0.4) is 0 Å². The van der Waals surface area contributed by atoms with Gasteiger partial charge in [0.05, 0.1) is 17.3 Å². The van der Waals surface area contributed by atoms with Gasteiger partial charge in [0.15, 0.2) is 0 Å². The van der Waals surface area contributed by atoms with Crippen LogP contribution in [0.15, 0.2) is 42.6 Å². The number of imide groups is 1. The Kier molecular flexibility index (Phi) is 3.65. The number of rotatable bonds is 3. The number of hydrogen-bond donors (Lipinski definition) is 1. The number of nitrogens with zero attached hydrogens (tertiary/aromatic N) is 1. The Morgan fingerprint density at radius 1 is 1.13 bits per heavy atom. The molecule has 2 N–H and O–H groups in total. The van der Waals surface area contributed by atoms with Crippen LogP contribution in [0.5, 0.6) is 0 Å². The number of anilines is 1. The zero-order valence-corrected chi connectivity index (χ0v) is 12.8. The number of aromatic amines is 1. The first kappa shape index (κ1) is 14.9. The molecule has 1 aliphatic heterocycles. The van der Waals surface area contributed by atoms with E-state index in [9.17, 15) is 14.4 Å². The minimum absolute atomic E-state index is 0.333.